The number of piperidine rings is 1. The van der Waals surface area contributed by atoms with Crippen molar-refractivity contribution in [2.75, 3.05) is 24.5 Å². The Balaban J connectivity index is 1.38. The van der Waals surface area contributed by atoms with E-state index in [0.717, 1.165) is 31.0 Å². The molecule has 1 aromatic carbocycles. The molecule has 4 heterocycles. The lowest BCUT2D eigenvalue weighted by Gasteiger charge is -2.53. The minimum atomic E-state index is 0.0218. The van der Waals surface area contributed by atoms with Crippen LogP contribution in [0.5, 0.6) is 0 Å². The normalized spacial score (nSPS) is 21.2. The van der Waals surface area contributed by atoms with Crippen molar-refractivity contribution in [1.82, 2.24) is 29.9 Å². The Bertz CT molecular complexity index is 1000. The van der Waals surface area contributed by atoms with Crippen molar-refractivity contribution in [2.45, 2.75) is 19.4 Å². The Hall–Kier alpha value is -3.29. The van der Waals surface area contributed by atoms with Gasteiger partial charge < -0.3 is 9.80 Å². The van der Waals surface area contributed by atoms with Crippen molar-refractivity contribution in [3.63, 3.8) is 0 Å². The zero-order valence-corrected chi connectivity index (χ0v) is 15.6. The van der Waals surface area contributed by atoms with E-state index < -0.39 is 0 Å². The number of nitrogens with zero attached hydrogens (tertiary/aromatic N) is 7. The molecule has 2 aromatic heterocycles. The van der Waals surface area contributed by atoms with E-state index in [9.17, 15) is 4.79 Å². The second-order valence-electron chi connectivity index (χ2n) is 7.37. The monoisotopic (exact) mass is 375 g/mol. The van der Waals surface area contributed by atoms with Crippen molar-refractivity contribution in [3.8, 4) is 5.69 Å². The Morgan fingerprint density at radius 2 is 1.93 bits per heavy atom. The summed E-state index contributed by atoms with van der Waals surface area (Å²) < 4.78 is 0. The number of benzene rings is 1. The largest absolute Gasteiger partial charge is 0.350 e. The van der Waals surface area contributed by atoms with Gasteiger partial charge in [0.15, 0.2) is 0 Å². The third kappa shape index (κ3) is 2.81. The number of hydrogen-bond acceptors (Lipinski definition) is 6. The molecule has 5 rings (SSSR count). The Morgan fingerprint density at radius 1 is 1.11 bits per heavy atom. The first-order valence-corrected chi connectivity index (χ1v) is 9.51. The molecule has 8 heteroatoms. The van der Waals surface area contributed by atoms with Gasteiger partial charge in [0.25, 0.3) is 5.91 Å². The summed E-state index contributed by atoms with van der Waals surface area (Å²) in [6.45, 7) is 4.40. The van der Waals surface area contributed by atoms with E-state index in [4.69, 9.17) is 0 Å². The van der Waals surface area contributed by atoms with E-state index in [0.29, 0.717) is 29.8 Å². The number of carbonyl (C=O) groups is 1. The summed E-state index contributed by atoms with van der Waals surface area (Å²) in [4.78, 5) is 27.9. The number of amides is 1. The van der Waals surface area contributed by atoms with Gasteiger partial charge in [-0.25, -0.2) is 4.98 Å². The summed E-state index contributed by atoms with van der Waals surface area (Å²) in [6.07, 6.45) is 7.80. The first-order valence-electron chi connectivity index (χ1n) is 9.51. The molecule has 2 saturated heterocycles. The molecule has 2 fully saturated rings. The van der Waals surface area contributed by atoms with Crippen LogP contribution in [0.25, 0.3) is 5.69 Å². The molecule has 1 amide bonds. The second-order valence-corrected chi connectivity index (χ2v) is 7.37. The average molecular weight is 375 g/mol. The Labute approximate surface area is 162 Å². The number of carbonyl (C=O) groups excluding carboxylic acids is 1. The van der Waals surface area contributed by atoms with E-state index in [2.05, 4.69) is 25.1 Å². The molecule has 0 aliphatic carbocycles. The highest BCUT2D eigenvalue weighted by Crippen LogP contribution is 2.36. The van der Waals surface area contributed by atoms with Crippen molar-refractivity contribution in [2.24, 2.45) is 5.92 Å². The molecule has 2 unspecified atom stereocenters. The number of aryl methyl sites for hydroxylation is 1. The lowest BCUT2D eigenvalue weighted by atomic mass is 9.82. The molecule has 0 bridgehead atoms. The number of likely N-dealkylation sites (tertiary alicyclic amines) is 1. The summed E-state index contributed by atoms with van der Waals surface area (Å²) in [7, 11) is 0. The van der Waals surface area contributed by atoms with Crippen molar-refractivity contribution >= 4 is 11.7 Å². The number of para-hydroxylation sites is 1. The summed E-state index contributed by atoms with van der Waals surface area (Å²) in [5, 5.41) is 8.37. The number of fused-ring (bicyclic) bond motifs is 1. The third-order valence-electron chi connectivity index (χ3n) is 5.65. The van der Waals surface area contributed by atoms with Gasteiger partial charge in [-0.3, -0.25) is 9.78 Å². The Morgan fingerprint density at radius 3 is 2.75 bits per heavy atom. The lowest BCUT2D eigenvalue weighted by Crippen LogP contribution is -2.65. The van der Waals surface area contributed by atoms with Gasteiger partial charge in [0, 0.05) is 31.7 Å². The highest BCUT2D eigenvalue weighted by molar-refractivity contribution is 5.97. The molecule has 0 radical (unpaired) electrons. The molecule has 2 aliphatic rings. The van der Waals surface area contributed by atoms with E-state index in [1.54, 1.807) is 18.6 Å². The molecular formula is C20H21N7O. The fraction of sp³-hybridized carbons (Fsp3) is 0.350. The quantitative estimate of drug-likeness (QED) is 0.693. The Kier molecular flexibility index (Phi) is 4.03. The fourth-order valence-electron chi connectivity index (χ4n) is 4.17. The lowest BCUT2D eigenvalue weighted by molar-refractivity contribution is 0.0590. The summed E-state index contributed by atoms with van der Waals surface area (Å²) in [6, 6.07) is 7.79. The number of hydrogen-bond donors (Lipinski definition) is 0. The van der Waals surface area contributed by atoms with Gasteiger partial charge in [-0.2, -0.15) is 15.0 Å². The first kappa shape index (κ1) is 16.9. The maximum atomic E-state index is 13.3. The highest BCUT2D eigenvalue weighted by Gasteiger charge is 2.44. The number of aromatic nitrogens is 5. The summed E-state index contributed by atoms with van der Waals surface area (Å²) in [5.41, 5.74) is 2.23. The standard InChI is InChI=1S/C20H21N7O/c1-14-10-21-11-19(24-14)26-12-15-6-9-25(13-18(15)26)20(28)16-4-2-3-5-17(16)27-22-7-8-23-27/h2-5,7-8,10-11,15,18H,6,9,12-13H2,1H3. The fourth-order valence-corrected chi connectivity index (χ4v) is 4.17. The van der Waals surface area contributed by atoms with Gasteiger partial charge in [0.1, 0.15) is 5.82 Å². The van der Waals surface area contributed by atoms with Crippen LogP contribution in [0.4, 0.5) is 5.82 Å². The van der Waals surface area contributed by atoms with E-state index in [1.165, 1.54) is 4.80 Å². The SMILES string of the molecule is Cc1cncc(N2CC3CCN(C(=O)c4ccccc4-n4nccn4)CC32)n1. The molecule has 0 N–H and O–H groups in total. The molecule has 142 valence electrons. The van der Waals surface area contributed by atoms with Gasteiger partial charge in [0.2, 0.25) is 0 Å². The number of anilines is 1. The van der Waals surface area contributed by atoms with Crippen molar-refractivity contribution in [3.05, 3.63) is 60.3 Å². The van der Waals surface area contributed by atoms with Crippen LogP contribution in [0, 0.1) is 12.8 Å². The van der Waals surface area contributed by atoms with Crippen LogP contribution in [0.1, 0.15) is 22.5 Å². The van der Waals surface area contributed by atoms with Gasteiger partial charge in [-0.1, -0.05) is 12.1 Å². The predicted octanol–water partition coefficient (Wildman–Crippen LogP) is 1.72. The van der Waals surface area contributed by atoms with Crippen LogP contribution in [0.2, 0.25) is 0 Å². The van der Waals surface area contributed by atoms with Gasteiger partial charge >= 0.3 is 0 Å². The number of rotatable bonds is 3. The molecule has 2 aliphatic heterocycles. The zero-order valence-electron chi connectivity index (χ0n) is 15.6. The average Bonchev–Trinajstić information content (AvgIpc) is 3.23. The van der Waals surface area contributed by atoms with Crippen LogP contribution in [0.3, 0.4) is 0 Å². The van der Waals surface area contributed by atoms with Gasteiger partial charge in [-0.05, 0) is 25.5 Å². The van der Waals surface area contributed by atoms with Crippen LogP contribution >= 0.6 is 0 Å². The van der Waals surface area contributed by atoms with Crippen LogP contribution in [-0.4, -0.2) is 61.4 Å². The van der Waals surface area contributed by atoms with E-state index in [1.807, 2.05) is 42.3 Å². The molecular weight excluding hydrogens is 354 g/mol. The van der Waals surface area contributed by atoms with Gasteiger partial charge in [0.05, 0.1) is 41.6 Å². The topological polar surface area (TPSA) is 80.0 Å². The molecule has 0 spiro atoms. The van der Waals surface area contributed by atoms with Crippen molar-refractivity contribution in [1.29, 1.82) is 0 Å². The predicted molar refractivity (Wildman–Crippen MR) is 103 cm³/mol. The molecule has 3 aromatic rings. The molecule has 28 heavy (non-hydrogen) atoms. The molecule has 0 saturated carbocycles. The van der Waals surface area contributed by atoms with E-state index >= 15 is 0 Å². The second kappa shape index (κ2) is 6.70. The molecule has 8 nitrogen and oxygen atoms in total. The van der Waals surface area contributed by atoms with Crippen LogP contribution < -0.4 is 4.90 Å². The smallest absolute Gasteiger partial charge is 0.256 e. The summed E-state index contributed by atoms with van der Waals surface area (Å²) in [5.74, 6) is 1.53. The zero-order chi connectivity index (χ0) is 19.1. The molecule has 2 atom stereocenters. The van der Waals surface area contributed by atoms with Crippen LogP contribution in [-0.2, 0) is 0 Å². The maximum absolute atomic E-state index is 13.3. The van der Waals surface area contributed by atoms with Crippen LogP contribution in [0.15, 0.2) is 49.1 Å². The van der Waals surface area contributed by atoms with Gasteiger partial charge in [-0.15, -0.1) is 0 Å². The highest BCUT2D eigenvalue weighted by atomic mass is 16.2. The van der Waals surface area contributed by atoms with E-state index in [-0.39, 0.29) is 5.91 Å². The minimum Gasteiger partial charge on any atom is -0.350 e. The maximum Gasteiger partial charge on any atom is 0.256 e. The first-order chi connectivity index (χ1) is 13.7. The minimum absolute atomic E-state index is 0.0218. The summed E-state index contributed by atoms with van der Waals surface area (Å²) >= 11 is 0. The van der Waals surface area contributed by atoms with Crippen molar-refractivity contribution < 1.29 is 4.79 Å². The third-order valence-corrected chi connectivity index (χ3v) is 5.65.